The molecule has 104 valence electrons. The smallest absolute Gasteiger partial charge is 0.326 e. The van der Waals surface area contributed by atoms with Gasteiger partial charge in [0.2, 0.25) is 5.91 Å². The van der Waals surface area contributed by atoms with Crippen LogP contribution in [0.3, 0.4) is 0 Å². The van der Waals surface area contributed by atoms with Gasteiger partial charge < -0.3 is 20.3 Å². The van der Waals surface area contributed by atoms with Crippen LogP contribution in [0.15, 0.2) is 24.3 Å². The average molecular weight is 267 g/mol. The molecule has 0 radical (unpaired) electrons. The van der Waals surface area contributed by atoms with E-state index >= 15 is 0 Å². The summed E-state index contributed by atoms with van der Waals surface area (Å²) in [7, 11) is 1.50. The van der Waals surface area contributed by atoms with Gasteiger partial charge in [0.1, 0.15) is 11.8 Å². The van der Waals surface area contributed by atoms with Gasteiger partial charge >= 0.3 is 5.97 Å². The van der Waals surface area contributed by atoms with Gasteiger partial charge in [0.05, 0.1) is 13.5 Å². The SMILES string of the molecule is COc1ccccc1CC(=O)N[C@@H](CCO)C(=O)O. The second kappa shape index (κ2) is 7.38. The first-order chi connectivity index (χ1) is 9.08. The fourth-order valence-corrected chi connectivity index (χ4v) is 1.65. The molecule has 0 saturated carbocycles. The lowest BCUT2D eigenvalue weighted by Gasteiger charge is -2.14. The molecule has 19 heavy (non-hydrogen) atoms. The number of aliphatic hydroxyl groups excluding tert-OH is 1. The van der Waals surface area contributed by atoms with Crippen molar-refractivity contribution in [3.05, 3.63) is 29.8 Å². The maximum Gasteiger partial charge on any atom is 0.326 e. The van der Waals surface area contributed by atoms with Crippen molar-refractivity contribution in [1.82, 2.24) is 5.32 Å². The van der Waals surface area contributed by atoms with Crippen molar-refractivity contribution in [3.8, 4) is 5.75 Å². The van der Waals surface area contributed by atoms with Crippen LogP contribution < -0.4 is 10.1 Å². The minimum atomic E-state index is -1.16. The van der Waals surface area contributed by atoms with Crippen molar-refractivity contribution in [1.29, 1.82) is 0 Å². The number of aliphatic carboxylic acids is 1. The number of carbonyl (C=O) groups is 2. The van der Waals surface area contributed by atoms with Gasteiger partial charge in [-0.1, -0.05) is 18.2 Å². The topological polar surface area (TPSA) is 95.9 Å². The van der Waals surface area contributed by atoms with E-state index in [-0.39, 0.29) is 19.4 Å². The Labute approximate surface area is 111 Å². The van der Waals surface area contributed by atoms with E-state index in [1.54, 1.807) is 24.3 Å². The number of hydrogen-bond acceptors (Lipinski definition) is 4. The van der Waals surface area contributed by atoms with Crippen LogP contribution in [0, 0.1) is 0 Å². The maximum absolute atomic E-state index is 11.8. The lowest BCUT2D eigenvalue weighted by atomic mass is 10.1. The number of ether oxygens (including phenoxy) is 1. The van der Waals surface area contributed by atoms with Gasteiger partial charge in [-0.15, -0.1) is 0 Å². The van der Waals surface area contributed by atoms with E-state index < -0.39 is 17.9 Å². The molecule has 0 saturated heterocycles. The monoisotopic (exact) mass is 267 g/mol. The lowest BCUT2D eigenvalue weighted by Crippen LogP contribution is -2.42. The molecule has 0 aliphatic carbocycles. The summed E-state index contributed by atoms with van der Waals surface area (Å²) in [5.74, 6) is -1.01. The summed E-state index contributed by atoms with van der Waals surface area (Å²) in [5, 5.41) is 20.0. The summed E-state index contributed by atoms with van der Waals surface area (Å²) in [6.07, 6.45) is 0.00617. The largest absolute Gasteiger partial charge is 0.496 e. The molecule has 0 heterocycles. The van der Waals surface area contributed by atoms with Crippen LogP contribution in [0.5, 0.6) is 5.75 Å². The Balaban J connectivity index is 2.66. The molecule has 1 atom stereocenters. The average Bonchev–Trinajstić information content (AvgIpc) is 2.38. The molecule has 0 aromatic heterocycles. The molecule has 1 aromatic rings. The molecule has 1 rings (SSSR count). The minimum absolute atomic E-state index is 0.0208. The van der Waals surface area contributed by atoms with Crippen molar-refractivity contribution >= 4 is 11.9 Å². The summed E-state index contributed by atoms with van der Waals surface area (Å²) in [4.78, 5) is 22.6. The predicted octanol–water partition coefficient (Wildman–Crippen LogP) is 0.189. The fourth-order valence-electron chi connectivity index (χ4n) is 1.65. The molecule has 0 aliphatic heterocycles. The molecule has 0 spiro atoms. The van der Waals surface area contributed by atoms with Crippen LogP contribution in [0.1, 0.15) is 12.0 Å². The third-order valence-electron chi connectivity index (χ3n) is 2.59. The highest BCUT2D eigenvalue weighted by Gasteiger charge is 2.19. The van der Waals surface area contributed by atoms with E-state index in [0.717, 1.165) is 0 Å². The summed E-state index contributed by atoms with van der Waals surface area (Å²) < 4.78 is 5.11. The molecule has 0 aliphatic rings. The lowest BCUT2D eigenvalue weighted by molar-refractivity contribution is -0.142. The van der Waals surface area contributed by atoms with Crippen molar-refractivity contribution in [2.45, 2.75) is 18.9 Å². The molecule has 0 unspecified atom stereocenters. The highest BCUT2D eigenvalue weighted by Crippen LogP contribution is 2.17. The number of carboxylic acid groups (broad SMARTS) is 1. The van der Waals surface area contributed by atoms with Crippen LogP contribution in [0.4, 0.5) is 0 Å². The zero-order valence-corrected chi connectivity index (χ0v) is 10.6. The summed E-state index contributed by atoms with van der Waals surface area (Å²) in [6, 6.07) is 5.94. The molecule has 0 bridgehead atoms. The summed E-state index contributed by atoms with van der Waals surface area (Å²) in [6.45, 7) is -0.300. The summed E-state index contributed by atoms with van der Waals surface area (Å²) in [5.41, 5.74) is 0.677. The van der Waals surface area contributed by atoms with E-state index in [9.17, 15) is 9.59 Å². The molecule has 1 aromatic carbocycles. The Morgan fingerprint density at radius 3 is 2.63 bits per heavy atom. The Morgan fingerprint density at radius 1 is 1.37 bits per heavy atom. The Morgan fingerprint density at radius 2 is 2.05 bits per heavy atom. The van der Waals surface area contributed by atoms with E-state index in [1.807, 2.05) is 0 Å². The van der Waals surface area contributed by atoms with Crippen LogP contribution >= 0.6 is 0 Å². The number of aliphatic hydroxyl groups is 1. The molecular weight excluding hydrogens is 250 g/mol. The van der Waals surface area contributed by atoms with Crippen molar-refractivity contribution < 1.29 is 24.5 Å². The van der Waals surface area contributed by atoms with E-state index in [0.29, 0.717) is 11.3 Å². The third-order valence-corrected chi connectivity index (χ3v) is 2.59. The van der Waals surface area contributed by atoms with Gasteiger partial charge in [-0.3, -0.25) is 4.79 Å². The van der Waals surface area contributed by atoms with Crippen LogP contribution in [-0.4, -0.2) is 41.8 Å². The molecule has 6 heteroatoms. The van der Waals surface area contributed by atoms with E-state index in [4.69, 9.17) is 14.9 Å². The van der Waals surface area contributed by atoms with Gasteiger partial charge in [-0.25, -0.2) is 4.79 Å². The van der Waals surface area contributed by atoms with Gasteiger partial charge in [-0.05, 0) is 6.07 Å². The molecule has 6 nitrogen and oxygen atoms in total. The molecule has 3 N–H and O–H groups in total. The zero-order chi connectivity index (χ0) is 14.3. The number of rotatable bonds is 7. The quantitative estimate of drug-likeness (QED) is 0.655. The summed E-state index contributed by atoms with van der Waals surface area (Å²) >= 11 is 0. The Hall–Kier alpha value is -2.08. The number of hydrogen-bond donors (Lipinski definition) is 3. The number of carbonyl (C=O) groups excluding carboxylic acids is 1. The first-order valence-corrected chi connectivity index (χ1v) is 5.83. The Kier molecular flexibility index (Phi) is 5.81. The third kappa shape index (κ3) is 4.59. The van der Waals surface area contributed by atoms with Crippen molar-refractivity contribution in [2.24, 2.45) is 0 Å². The number of nitrogens with one attached hydrogen (secondary N) is 1. The zero-order valence-electron chi connectivity index (χ0n) is 10.6. The highest BCUT2D eigenvalue weighted by molar-refractivity contribution is 5.85. The number of amides is 1. The molecule has 1 amide bonds. The number of benzene rings is 1. The first kappa shape index (κ1) is 15.0. The molecular formula is C13H17NO5. The number of para-hydroxylation sites is 1. The standard InChI is InChI=1S/C13H17NO5/c1-19-11-5-3-2-4-9(11)8-12(16)14-10(6-7-15)13(17)18/h2-5,10,15H,6-8H2,1H3,(H,14,16)(H,17,18)/t10-/m0/s1. The molecule has 0 fully saturated rings. The Bertz CT molecular complexity index is 446. The second-order valence-electron chi connectivity index (χ2n) is 3.96. The van der Waals surface area contributed by atoms with Crippen molar-refractivity contribution in [2.75, 3.05) is 13.7 Å². The number of methoxy groups -OCH3 is 1. The van der Waals surface area contributed by atoms with Crippen molar-refractivity contribution in [3.63, 3.8) is 0 Å². The predicted molar refractivity (Wildman–Crippen MR) is 68.0 cm³/mol. The van der Waals surface area contributed by atoms with E-state index in [1.165, 1.54) is 7.11 Å². The maximum atomic E-state index is 11.8. The minimum Gasteiger partial charge on any atom is -0.496 e. The fraction of sp³-hybridized carbons (Fsp3) is 0.385. The van der Waals surface area contributed by atoms with Gasteiger partial charge in [0.25, 0.3) is 0 Å². The van der Waals surface area contributed by atoms with Gasteiger partial charge in [0, 0.05) is 18.6 Å². The van der Waals surface area contributed by atoms with Gasteiger partial charge in [0.15, 0.2) is 0 Å². The van der Waals surface area contributed by atoms with E-state index in [2.05, 4.69) is 5.32 Å². The first-order valence-electron chi connectivity index (χ1n) is 5.83. The van der Waals surface area contributed by atoms with Gasteiger partial charge in [-0.2, -0.15) is 0 Å². The normalized spacial score (nSPS) is 11.7. The highest BCUT2D eigenvalue weighted by atomic mass is 16.5. The van der Waals surface area contributed by atoms with Crippen LogP contribution in [0.2, 0.25) is 0 Å². The second-order valence-corrected chi connectivity index (χ2v) is 3.96. The number of carboxylic acids is 1. The van der Waals surface area contributed by atoms with Crippen LogP contribution in [0.25, 0.3) is 0 Å². The van der Waals surface area contributed by atoms with Crippen LogP contribution in [-0.2, 0) is 16.0 Å².